The molecule has 1 saturated carbocycles. The van der Waals surface area contributed by atoms with Crippen molar-refractivity contribution in [2.45, 2.75) is 77.6 Å². The van der Waals surface area contributed by atoms with Crippen LogP contribution in [-0.2, 0) is 12.8 Å². The highest BCUT2D eigenvalue weighted by atomic mass is 14.3. The van der Waals surface area contributed by atoms with Crippen LogP contribution in [0.2, 0.25) is 0 Å². The van der Waals surface area contributed by atoms with Crippen LogP contribution in [-0.4, -0.2) is 0 Å². The fourth-order valence-corrected chi connectivity index (χ4v) is 5.63. The van der Waals surface area contributed by atoms with Gasteiger partial charge in [0.05, 0.1) is 0 Å². The molecule has 34 heavy (non-hydrogen) atoms. The SMILES string of the molecule is CC=CCCC1CCC(CCc2ccc(-c3ccc(C[C@@H](C)c4ccccc4)cc3)cc2)CC1. The summed E-state index contributed by atoms with van der Waals surface area (Å²) in [5.74, 6) is 2.45. The van der Waals surface area contributed by atoms with Gasteiger partial charge < -0.3 is 0 Å². The van der Waals surface area contributed by atoms with Gasteiger partial charge in [-0.05, 0) is 84.6 Å². The lowest BCUT2D eigenvalue weighted by atomic mass is 9.78. The van der Waals surface area contributed by atoms with Gasteiger partial charge in [0.15, 0.2) is 0 Å². The minimum atomic E-state index is 0.541. The van der Waals surface area contributed by atoms with Crippen molar-refractivity contribution in [3.63, 3.8) is 0 Å². The Bertz CT molecular complexity index is 986. The molecule has 0 N–H and O–H groups in total. The molecule has 1 fully saturated rings. The number of rotatable bonds is 10. The molecule has 1 aliphatic carbocycles. The lowest BCUT2D eigenvalue weighted by Gasteiger charge is -2.28. The van der Waals surface area contributed by atoms with Crippen molar-refractivity contribution in [2.75, 3.05) is 0 Å². The Kier molecular flexibility index (Phi) is 9.19. The van der Waals surface area contributed by atoms with Gasteiger partial charge in [0.1, 0.15) is 0 Å². The van der Waals surface area contributed by atoms with Crippen LogP contribution in [0.5, 0.6) is 0 Å². The first-order chi connectivity index (χ1) is 16.7. The predicted octanol–water partition coefficient (Wildman–Crippen LogP) is 9.80. The minimum absolute atomic E-state index is 0.541. The van der Waals surface area contributed by atoms with Gasteiger partial charge in [0.2, 0.25) is 0 Å². The molecule has 0 radical (unpaired) electrons. The second-order valence-corrected chi connectivity index (χ2v) is 10.5. The third-order valence-electron chi connectivity index (χ3n) is 7.94. The highest BCUT2D eigenvalue weighted by Gasteiger charge is 2.20. The summed E-state index contributed by atoms with van der Waals surface area (Å²) in [5, 5.41) is 0. The molecule has 1 aliphatic rings. The van der Waals surface area contributed by atoms with Crippen LogP contribution in [0.15, 0.2) is 91.0 Å². The summed E-state index contributed by atoms with van der Waals surface area (Å²) >= 11 is 0. The maximum atomic E-state index is 2.35. The Morgan fingerprint density at radius 1 is 0.706 bits per heavy atom. The molecule has 0 aliphatic heterocycles. The summed E-state index contributed by atoms with van der Waals surface area (Å²) < 4.78 is 0. The summed E-state index contributed by atoms with van der Waals surface area (Å²) in [4.78, 5) is 0. The van der Waals surface area contributed by atoms with Gasteiger partial charge in [0, 0.05) is 0 Å². The van der Waals surface area contributed by atoms with E-state index < -0.39 is 0 Å². The van der Waals surface area contributed by atoms with E-state index in [1.54, 1.807) is 0 Å². The summed E-state index contributed by atoms with van der Waals surface area (Å²) in [5.41, 5.74) is 6.96. The van der Waals surface area contributed by atoms with E-state index in [0.717, 1.165) is 18.3 Å². The number of hydrogen-bond donors (Lipinski definition) is 0. The Balaban J connectivity index is 1.23. The second kappa shape index (κ2) is 12.7. The molecule has 0 heterocycles. The molecular weight excluding hydrogens is 408 g/mol. The quantitative estimate of drug-likeness (QED) is 0.270. The van der Waals surface area contributed by atoms with E-state index in [-0.39, 0.29) is 0 Å². The molecule has 0 unspecified atom stereocenters. The molecule has 3 aromatic carbocycles. The maximum absolute atomic E-state index is 2.35. The Hall–Kier alpha value is -2.60. The Labute approximate surface area is 208 Å². The van der Waals surface area contributed by atoms with E-state index in [0.29, 0.717) is 5.92 Å². The standard InChI is InChI=1S/C34H42/c1-3-4-6-9-28-12-14-29(15-13-28)16-17-30-18-22-33(23-19-30)34-24-20-31(21-25-34)26-27(2)32-10-7-5-8-11-32/h3-5,7-8,10-11,18-25,27-29H,6,9,12-17,26H2,1-2H3/t27-,28?,29?/m1/s1. The zero-order chi connectivity index (χ0) is 23.6. The van der Waals surface area contributed by atoms with Crippen molar-refractivity contribution in [3.05, 3.63) is 108 Å². The van der Waals surface area contributed by atoms with Crippen LogP contribution in [0.1, 0.15) is 81.4 Å². The van der Waals surface area contributed by atoms with Gasteiger partial charge >= 0.3 is 0 Å². The molecule has 0 nitrogen and oxygen atoms in total. The van der Waals surface area contributed by atoms with Gasteiger partial charge in [-0.3, -0.25) is 0 Å². The molecule has 0 spiro atoms. The van der Waals surface area contributed by atoms with Crippen molar-refractivity contribution in [1.29, 1.82) is 0 Å². The molecule has 0 heteroatoms. The molecule has 4 rings (SSSR count). The summed E-state index contributed by atoms with van der Waals surface area (Å²) in [6.07, 6.45) is 16.6. The molecule has 0 bridgehead atoms. The normalized spacial score (nSPS) is 19.4. The average molecular weight is 451 g/mol. The highest BCUT2D eigenvalue weighted by molar-refractivity contribution is 5.64. The van der Waals surface area contributed by atoms with E-state index in [9.17, 15) is 0 Å². The van der Waals surface area contributed by atoms with Crippen LogP contribution < -0.4 is 0 Å². The first-order valence-corrected chi connectivity index (χ1v) is 13.6. The first-order valence-electron chi connectivity index (χ1n) is 13.6. The number of hydrogen-bond acceptors (Lipinski definition) is 0. The van der Waals surface area contributed by atoms with Crippen LogP contribution in [0.3, 0.4) is 0 Å². The maximum Gasteiger partial charge on any atom is -0.0150 e. The summed E-state index contributed by atoms with van der Waals surface area (Å²) in [7, 11) is 0. The van der Waals surface area contributed by atoms with Crippen molar-refractivity contribution in [2.24, 2.45) is 11.8 Å². The minimum Gasteiger partial charge on any atom is -0.0917 e. The molecule has 178 valence electrons. The zero-order valence-corrected chi connectivity index (χ0v) is 21.3. The summed E-state index contributed by atoms with van der Waals surface area (Å²) in [6.45, 7) is 4.45. The van der Waals surface area contributed by atoms with Gasteiger partial charge in [0.25, 0.3) is 0 Å². The number of aryl methyl sites for hydroxylation is 1. The van der Waals surface area contributed by atoms with Gasteiger partial charge in [-0.25, -0.2) is 0 Å². The molecule has 0 aromatic heterocycles. The third kappa shape index (κ3) is 7.20. The lowest BCUT2D eigenvalue weighted by molar-refractivity contribution is 0.254. The zero-order valence-electron chi connectivity index (χ0n) is 21.3. The molecule has 0 saturated heterocycles. The van der Waals surface area contributed by atoms with Gasteiger partial charge in [-0.1, -0.05) is 124 Å². The average Bonchev–Trinajstić information content (AvgIpc) is 2.90. The lowest BCUT2D eigenvalue weighted by Crippen LogP contribution is -2.15. The molecule has 3 aromatic rings. The fraction of sp³-hybridized carbons (Fsp3) is 0.412. The van der Waals surface area contributed by atoms with Gasteiger partial charge in [-0.2, -0.15) is 0 Å². The van der Waals surface area contributed by atoms with E-state index in [4.69, 9.17) is 0 Å². The smallest absolute Gasteiger partial charge is 0.0150 e. The second-order valence-electron chi connectivity index (χ2n) is 10.5. The molecule has 1 atom stereocenters. The fourth-order valence-electron chi connectivity index (χ4n) is 5.63. The highest BCUT2D eigenvalue weighted by Crippen LogP contribution is 2.34. The van der Waals surface area contributed by atoms with E-state index >= 15 is 0 Å². The largest absolute Gasteiger partial charge is 0.0917 e. The number of benzene rings is 3. The van der Waals surface area contributed by atoms with Crippen LogP contribution >= 0.6 is 0 Å². The third-order valence-corrected chi connectivity index (χ3v) is 7.94. The van der Waals surface area contributed by atoms with E-state index in [2.05, 4.69) is 105 Å². The van der Waals surface area contributed by atoms with Crippen LogP contribution in [0.4, 0.5) is 0 Å². The monoisotopic (exact) mass is 450 g/mol. The van der Waals surface area contributed by atoms with E-state index in [1.165, 1.54) is 79.2 Å². The van der Waals surface area contributed by atoms with Crippen LogP contribution in [0, 0.1) is 11.8 Å². The molecule has 0 amide bonds. The molecular formula is C34H42. The van der Waals surface area contributed by atoms with Gasteiger partial charge in [-0.15, -0.1) is 0 Å². The van der Waals surface area contributed by atoms with Crippen LogP contribution in [0.25, 0.3) is 11.1 Å². The summed E-state index contributed by atoms with van der Waals surface area (Å²) in [6, 6.07) is 29.3. The predicted molar refractivity (Wildman–Crippen MR) is 148 cm³/mol. The van der Waals surface area contributed by atoms with Crippen molar-refractivity contribution < 1.29 is 0 Å². The Morgan fingerprint density at radius 2 is 1.26 bits per heavy atom. The van der Waals surface area contributed by atoms with Crippen molar-refractivity contribution in [1.82, 2.24) is 0 Å². The first kappa shape index (κ1) is 24.5. The number of allylic oxidation sites excluding steroid dienone is 2. The van der Waals surface area contributed by atoms with Crippen molar-refractivity contribution in [3.8, 4) is 11.1 Å². The Morgan fingerprint density at radius 3 is 1.85 bits per heavy atom. The van der Waals surface area contributed by atoms with E-state index in [1.807, 2.05) is 0 Å². The van der Waals surface area contributed by atoms with Crippen molar-refractivity contribution >= 4 is 0 Å². The topological polar surface area (TPSA) is 0 Å².